The van der Waals surface area contributed by atoms with Crippen molar-refractivity contribution >= 4 is 5.91 Å². The second-order valence-corrected chi connectivity index (χ2v) is 6.37. The standard InChI is InChI=1S/C17H19N7O/c1-12-8-13(2)24(19-12)15-9-22(10-15)17(25)16(23-11-18-20-21-23)14-6-4-3-5-7-14/h3-8,11,15-16H,9-10H2,1-2H3/t16-/m0/s1. The van der Waals surface area contributed by atoms with E-state index in [1.165, 1.54) is 11.0 Å². The van der Waals surface area contributed by atoms with Crippen LogP contribution in [-0.2, 0) is 4.79 Å². The molecule has 0 radical (unpaired) electrons. The Morgan fingerprint density at radius 1 is 1.20 bits per heavy atom. The predicted molar refractivity (Wildman–Crippen MR) is 89.7 cm³/mol. The molecule has 0 saturated carbocycles. The van der Waals surface area contributed by atoms with Gasteiger partial charge in [-0.1, -0.05) is 30.3 Å². The van der Waals surface area contributed by atoms with Crippen molar-refractivity contribution in [3.8, 4) is 0 Å². The number of amides is 1. The van der Waals surface area contributed by atoms with Crippen LogP contribution in [0.3, 0.4) is 0 Å². The Bertz CT molecular complexity index is 866. The number of carbonyl (C=O) groups is 1. The molecule has 128 valence electrons. The van der Waals surface area contributed by atoms with E-state index in [-0.39, 0.29) is 11.9 Å². The molecule has 0 aliphatic carbocycles. The number of nitrogens with zero attached hydrogens (tertiary/aromatic N) is 7. The molecule has 8 nitrogen and oxygen atoms in total. The van der Waals surface area contributed by atoms with Crippen LogP contribution in [0.25, 0.3) is 0 Å². The second kappa shape index (κ2) is 6.12. The fourth-order valence-corrected chi connectivity index (χ4v) is 3.31. The maximum Gasteiger partial charge on any atom is 0.252 e. The van der Waals surface area contributed by atoms with Crippen LogP contribution in [0.5, 0.6) is 0 Å². The molecule has 4 rings (SSSR count). The second-order valence-electron chi connectivity index (χ2n) is 6.37. The molecule has 3 heterocycles. The Kier molecular flexibility index (Phi) is 3.79. The molecule has 25 heavy (non-hydrogen) atoms. The first-order valence-electron chi connectivity index (χ1n) is 8.22. The lowest BCUT2D eigenvalue weighted by molar-refractivity contribution is -0.140. The lowest BCUT2D eigenvalue weighted by Gasteiger charge is -2.41. The number of aryl methyl sites for hydroxylation is 2. The molecule has 1 atom stereocenters. The summed E-state index contributed by atoms with van der Waals surface area (Å²) in [6, 6.07) is 11.3. The van der Waals surface area contributed by atoms with Crippen LogP contribution < -0.4 is 0 Å². The molecule has 1 saturated heterocycles. The van der Waals surface area contributed by atoms with Crippen LogP contribution in [0.2, 0.25) is 0 Å². The molecule has 1 fully saturated rings. The molecule has 0 N–H and O–H groups in total. The molecule has 1 aliphatic rings. The highest BCUT2D eigenvalue weighted by Gasteiger charge is 2.38. The van der Waals surface area contributed by atoms with Gasteiger partial charge in [-0.05, 0) is 35.9 Å². The van der Waals surface area contributed by atoms with Crippen molar-refractivity contribution in [1.82, 2.24) is 34.9 Å². The number of benzene rings is 1. The average Bonchev–Trinajstić information content (AvgIpc) is 3.18. The van der Waals surface area contributed by atoms with Crippen molar-refractivity contribution in [1.29, 1.82) is 0 Å². The van der Waals surface area contributed by atoms with E-state index >= 15 is 0 Å². The molecule has 0 spiro atoms. The normalized spacial score (nSPS) is 15.8. The largest absolute Gasteiger partial charge is 0.336 e. The number of rotatable bonds is 4. The Balaban J connectivity index is 1.54. The monoisotopic (exact) mass is 337 g/mol. The van der Waals surface area contributed by atoms with Crippen molar-refractivity contribution in [2.24, 2.45) is 0 Å². The lowest BCUT2D eigenvalue weighted by atomic mass is 10.0. The van der Waals surface area contributed by atoms with Gasteiger partial charge in [0.15, 0.2) is 6.04 Å². The molecule has 1 aromatic carbocycles. The fraction of sp³-hybridized carbons (Fsp3) is 0.353. The highest BCUT2D eigenvalue weighted by atomic mass is 16.2. The third-order valence-corrected chi connectivity index (χ3v) is 4.54. The van der Waals surface area contributed by atoms with Crippen molar-refractivity contribution in [3.63, 3.8) is 0 Å². The summed E-state index contributed by atoms with van der Waals surface area (Å²) in [6.45, 7) is 5.31. The Labute approximate surface area is 145 Å². The van der Waals surface area contributed by atoms with Gasteiger partial charge in [0.1, 0.15) is 6.33 Å². The van der Waals surface area contributed by atoms with E-state index in [0.717, 1.165) is 17.0 Å². The minimum absolute atomic E-state index is 0.00344. The van der Waals surface area contributed by atoms with Crippen molar-refractivity contribution < 1.29 is 4.79 Å². The van der Waals surface area contributed by atoms with Gasteiger partial charge in [-0.15, -0.1) is 5.10 Å². The minimum atomic E-state index is -0.544. The number of hydrogen-bond donors (Lipinski definition) is 0. The number of aromatic nitrogens is 6. The third kappa shape index (κ3) is 2.79. The molecule has 0 unspecified atom stereocenters. The first kappa shape index (κ1) is 15.5. The summed E-state index contributed by atoms with van der Waals surface area (Å²) >= 11 is 0. The summed E-state index contributed by atoms with van der Waals surface area (Å²) in [5.41, 5.74) is 2.99. The summed E-state index contributed by atoms with van der Waals surface area (Å²) in [7, 11) is 0. The molecule has 8 heteroatoms. The quantitative estimate of drug-likeness (QED) is 0.713. The van der Waals surface area contributed by atoms with E-state index in [1.807, 2.05) is 53.8 Å². The van der Waals surface area contributed by atoms with E-state index in [0.29, 0.717) is 13.1 Å². The van der Waals surface area contributed by atoms with Gasteiger partial charge < -0.3 is 4.90 Å². The van der Waals surface area contributed by atoms with Gasteiger partial charge in [0.05, 0.1) is 11.7 Å². The number of hydrogen-bond acceptors (Lipinski definition) is 5. The zero-order valence-corrected chi connectivity index (χ0v) is 14.1. The van der Waals surface area contributed by atoms with E-state index in [2.05, 4.69) is 26.7 Å². The topological polar surface area (TPSA) is 81.7 Å². The first-order chi connectivity index (χ1) is 12.1. The molecule has 3 aromatic rings. The molecule has 0 bridgehead atoms. The smallest absolute Gasteiger partial charge is 0.252 e. The van der Waals surface area contributed by atoms with Crippen LogP contribution in [-0.4, -0.2) is 53.9 Å². The van der Waals surface area contributed by atoms with Gasteiger partial charge in [-0.3, -0.25) is 9.48 Å². The SMILES string of the molecule is Cc1cc(C)n(C2CN(C(=O)[C@H](c3ccccc3)n3cnnn3)C2)n1. The van der Waals surface area contributed by atoms with Gasteiger partial charge in [0.25, 0.3) is 5.91 Å². The number of tetrazole rings is 1. The third-order valence-electron chi connectivity index (χ3n) is 4.54. The lowest BCUT2D eigenvalue weighted by Crippen LogP contribution is -2.53. The average molecular weight is 337 g/mol. The molecule has 1 amide bonds. The van der Waals surface area contributed by atoms with Crippen LogP contribution in [0.15, 0.2) is 42.7 Å². The zero-order valence-electron chi connectivity index (χ0n) is 14.1. The van der Waals surface area contributed by atoms with Crippen LogP contribution in [0.1, 0.15) is 29.0 Å². The van der Waals surface area contributed by atoms with Gasteiger partial charge >= 0.3 is 0 Å². The molecular formula is C17H19N7O. The van der Waals surface area contributed by atoms with Gasteiger partial charge in [-0.2, -0.15) is 5.10 Å². The summed E-state index contributed by atoms with van der Waals surface area (Å²) in [5.74, 6) is -0.00344. The van der Waals surface area contributed by atoms with E-state index < -0.39 is 6.04 Å². The predicted octanol–water partition coefficient (Wildman–Crippen LogP) is 1.16. The van der Waals surface area contributed by atoms with E-state index in [9.17, 15) is 4.79 Å². The zero-order chi connectivity index (χ0) is 17.4. The van der Waals surface area contributed by atoms with Crippen LogP contribution in [0.4, 0.5) is 0 Å². The van der Waals surface area contributed by atoms with Crippen LogP contribution in [0, 0.1) is 13.8 Å². The van der Waals surface area contributed by atoms with E-state index in [1.54, 1.807) is 0 Å². The van der Waals surface area contributed by atoms with Crippen molar-refractivity contribution in [3.05, 3.63) is 59.7 Å². The Morgan fingerprint density at radius 2 is 1.96 bits per heavy atom. The van der Waals surface area contributed by atoms with Gasteiger partial charge in [0, 0.05) is 18.8 Å². The number of carbonyl (C=O) groups excluding carboxylic acids is 1. The first-order valence-corrected chi connectivity index (χ1v) is 8.22. The summed E-state index contributed by atoms with van der Waals surface area (Å²) in [5, 5.41) is 15.8. The highest BCUT2D eigenvalue weighted by molar-refractivity contribution is 5.84. The van der Waals surface area contributed by atoms with Crippen molar-refractivity contribution in [2.75, 3.05) is 13.1 Å². The summed E-state index contributed by atoms with van der Waals surface area (Å²) in [4.78, 5) is 14.9. The summed E-state index contributed by atoms with van der Waals surface area (Å²) in [6.07, 6.45) is 1.48. The minimum Gasteiger partial charge on any atom is -0.336 e. The Hall–Kier alpha value is -3.03. The van der Waals surface area contributed by atoms with Gasteiger partial charge in [-0.25, -0.2) is 4.68 Å². The maximum absolute atomic E-state index is 13.1. The summed E-state index contributed by atoms with van der Waals surface area (Å²) < 4.78 is 3.52. The van der Waals surface area contributed by atoms with E-state index in [4.69, 9.17) is 0 Å². The molecular weight excluding hydrogens is 318 g/mol. The van der Waals surface area contributed by atoms with Crippen molar-refractivity contribution in [2.45, 2.75) is 25.9 Å². The number of likely N-dealkylation sites (tertiary alicyclic amines) is 1. The Morgan fingerprint density at radius 3 is 2.56 bits per heavy atom. The highest BCUT2D eigenvalue weighted by Crippen LogP contribution is 2.28. The fourth-order valence-electron chi connectivity index (χ4n) is 3.31. The van der Waals surface area contributed by atoms with Crippen LogP contribution >= 0.6 is 0 Å². The van der Waals surface area contributed by atoms with Gasteiger partial charge in [0.2, 0.25) is 0 Å². The molecule has 2 aromatic heterocycles. The molecule has 1 aliphatic heterocycles. The maximum atomic E-state index is 13.1.